The van der Waals surface area contributed by atoms with Crippen LogP contribution in [0.4, 0.5) is 0 Å². The predicted octanol–water partition coefficient (Wildman–Crippen LogP) is 0.408. The van der Waals surface area contributed by atoms with Crippen LogP contribution in [0, 0.1) is 0 Å². The van der Waals surface area contributed by atoms with E-state index in [1.54, 1.807) is 12.4 Å². The van der Waals surface area contributed by atoms with Crippen LogP contribution in [-0.2, 0) is 11.2 Å². The van der Waals surface area contributed by atoms with Crippen molar-refractivity contribution >= 4 is 5.91 Å². The molecule has 0 fully saturated rings. The Labute approximate surface area is 115 Å². The van der Waals surface area contributed by atoms with Crippen LogP contribution in [0.25, 0.3) is 0 Å². The van der Waals surface area contributed by atoms with Crippen molar-refractivity contribution in [1.82, 2.24) is 15.2 Å². The number of amides is 1. The SMILES string of the molecule is CC(C)NC(CN(C)CCc1ccncc1)C(N)=O. The Morgan fingerprint density at radius 2 is 2.05 bits per heavy atom. The van der Waals surface area contributed by atoms with Crippen molar-refractivity contribution in [3.63, 3.8) is 0 Å². The fourth-order valence-corrected chi connectivity index (χ4v) is 1.90. The molecule has 0 aliphatic carbocycles. The zero-order chi connectivity index (χ0) is 14.3. The summed E-state index contributed by atoms with van der Waals surface area (Å²) in [5.74, 6) is -0.301. The van der Waals surface area contributed by atoms with Crippen LogP contribution < -0.4 is 11.1 Å². The van der Waals surface area contributed by atoms with Gasteiger partial charge in [0, 0.05) is 31.5 Å². The largest absolute Gasteiger partial charge is 0.368 e. The minimum absolute atomic E-state index is 0.242. The number of aromatic nitrogens is 1. The first-order valence-electron chi connectivity index (χ1n) is 6.62. The number of nitrogens with one attached hydrogen (secondary N) is 1. The van der Waals surface area contributed by atoms with Crippen molar-refractivity contribution in [2.75, 3.05) is 20.1 Å². The second kappa shape index (κ2) is 7.86. The number of carbonyl (C=O) groups excluding carboxylic acids is 1. The van der Waals surface area contributed by atoms with E-state index in [0.29, 0.717) is 6.54 Å². The van der Waals surface area contributed by atoms with Crippen LogP contribution in [0.1, 0.15) is 19.4 Å². The fraction of sp³-hybridized carbons (Fsp3) is 0.571. The molecule has 1 aromatic rings. The first-order chi connectivity index (χ1) is 8.99. The molecule has 0 saturated carbocycles. The van der Waals surface area contributed by atoms with Crippen molar-refractivity contribution in [2.45, 2.75) is 32.4 Å². The molecule has 5 nitrogen and oxygen atoms in total. The molecule has 1 unspecified atom stereocenters. The number of nitrogens with zero attached hydrogens (tertiary/aromatic N) is 2. The standard InChI is InChI=1S/C14H24N4O/c1-11(2)17-13(14(15)19)10-18(3)9-6-12-4-7-16-8-5-12/h4-5,7-8,11,13,17H,6,9-10H2,1-3H3,(H2,15,19). The summed E-state index contributed by atoms with van der Waals surface area (Å²) >= 11 is 0. The molecule has 0 aliphatic heterocycles. The van der Waals surface area contributed by atoms with Crippen LogP contribution in [0.3, 0.4) is 0 Å². The van der Waals surface area contributed by atoms with Gasteiger partial charge in [-0.3, -0.25) is 9.78 Å². The van der Waals surface area contributed by atoms with Crippen molar-refractivity contribution in [2.24, 2.45) is 5.73 Å². The van der Waals surface area contributed by atoms with E-state index in [0.717, 1.165) is 13.0 Å². The Balaban J connectivity index is 2.40. The Morgan fingerprint density at radius 3 is 2.58 bits per heavy atom. The lowest BCUT2D eigenvalue weighted by Crippen LogP contribution is -2.50. The predicted molar refractivity (Wildman–Crippen MR) is 76.7 cm³/mol. The van der Waals surface area contributed by atoms with E-state index >= 15 is 0 Å². The Bertz CT molecular complexity index is 380. The lowest BCUT2D eigenvalue weighted by molar-refractivity contribution is -0.120. The van der Waals surface area contributed by atoms with E-state index in [1.165, 1.54) is 5.56 Å². The molecular formula is C14H24N4O. The number of hydrogen-bond donors (Lipinski definition) is 2. The highest BCUT2D eigenvalue weighted by Gasteiger charge is 2.17. The van der Waals surface area contributed by atoms with Gasteiger partial charge in [-0.2, -0.15) is 0 Å². The Hall–Kier alpha value is -1.46. The van der Waals surface area contributed by atoms with Crippen molar-refractivity contribution in [3.05, 3.63) is 30.1 Å². The van der Waals surface area contributed by atoms with Gasteiger partial charge in [0.1, 0.15) is 0 Å². The van der Waals surface area contributed by atoms with Gasteiger partial charge >= 0.3 is 0 Å². The molecular weight excluding hydrogens is 240 g/mol. The molecule has 106 valence electrons. The second-order valence-corrected chi connectivity index (χ2v) is 5.14. The number of pyridine rings is 1. The molecule has 0 radical (unpaired) electrons. The fourth-order valence-electron chi connectivity index (χ4n) is 1.90. The summed E-state index contributed by atoms with van der Waals surface area (Å²) in [5.41, 5.74) is 6.65. The maximum Gasteiger partial charge on any atom is 0.235 e. The van der Waals surface area contributed by atoms with E-state index < -0.39 is 0 Å². The number of likely N-dealkylation sites (N-methyl/N-ethyl adjacent to an activating group) is 1. The van der Waals surface area contributed by atoms with Gasteiger partial charge in [0.05, 0.1) is 6.04 Å². The topological polar surface area (TPSA) is 71.2 Å². The molecule has 1 rings (SSSR count). The summed E-state index contributed by atoms with van der Waals surface area (Å²) in [6.07, 6.45) is 4.52. The summed E-state index contributed by atoms with van der Waals surface area (Å²) < 4.78 is 0. The summed E-state index contributed by atoms with van der Waals surface area (Å²) in [4.78, 5) is 17.5. The first-order valence-corrected chi connectivity index (χ1v) is 6.62. The molecule has 1 heterocycles. The molecule has 1 amide bonds. The summed E-state index contributed by atoms with van der Waals surface area (Å²) in [5, 5.41) is 3.18. The van der Waals surface area contributed by atoms with Crippen molar-refractivity contribution in [1.29, 1.82) is 0 Å². The van der Waals surface area contributed by atoms with Crippen molar-refractivity contribution < 1.29 is 4.79 Å². The molecule has 5 heteroatoms. The molecule has 0 aromatic carbocycles. The van der Waals surface area contributed by atoms with Crippen LogP contribution in [-0.4, -0.2) is 48.0 Å². The minimum atomic E-state index is -0.303. The lowest BCUT2D eigenvalue weighted by Gasteiger charge is -2.24. The van der Waals surface area contributed by atoms with Gasteiger partial charge in [0.15, 0.2) is 0 Å². The number of carbonyl (C=O) groups is 1. The molecule has 1 atom stereocenters. The zero-order valence-electron chi connectivity index (χ0n) is 12.0. The normalized spacial score (nSPS) is 12.9. The van der Waals surface area contributed by atoms with Gasteiger partial charge in [-0.05, 0) is 31.2 Å². The highest BCUT2D eigenvalue weighted by Crippen LogP contribution is 2.00. The minimum Gasteiger partial charge on any atom is -0.368 e. The average molecular weight is 264 g/mol. The Morgan fingerprint density at radius 1 is 1.42 bits per heavy atom. The van der Waals surface area contributed by atoms with Gasteiger partial charge in [0.2, 0.25) is 5.91 Å². The third-order valence-corrected chi connectivity index (χ3v) is 2.90. The van der Waals surface area contributed by atoms with E-state index in [4.69, 9.17) is 5.73 Å². The third-order valence-electron chi connectivity index (χ3n) is 2.90. The third kappa shape index (κ3) is 6.31. The van der Waals surface area contributed by atoms with Gasteiger partial charge in [-0.1, -0.05) is 13.8 Å². The van der Waals surface area contributed by atoms with Gasteiger partial charge in [-0.25, -0.2) is 0 Å². The maximum absolute atomic E-state index is 11.4. The highest BCUT2D eigenvalue weighted by molar-refractivity contribution is 5.80. The van der Waals surface area contributed by atoms with Gasteiger partial charge in [-0.15, -0.1) is 0 Å². The van der Waals surface area contributed by atoms with Crippen LogP contribution in [0.5, 0.6) is 0 Å². The second-order valence-electron chi connectivity index (χ2n) is 5.14. The highest BCUT2D eigenvalue weighted by atomic mass is 16.1. The van der Waals surface area contributed by atoms with Gasteiger partial charge in [0.25, 0.3) is 0 Å². The average Bonchev–Trinajstić information content (AvgIpc) is 2.36. The van der Waals surface area contributed by atoms with Crippen molar-refractivity contribution in [3.8, 4) is 0 Å². The molecule has 1 aromatic heterocycles. The monoisotopic (exact) mass is 264 g/mol. The number of primary amides is 1. The molecule has 0 spiro atoms. The smallest absolute Gasteiger partial charge is 0.235 e. The van der Waals surface area contributed by atoms with Crippen LogP contribution >= 0.6 is 0 Å². The molecule has 0 saturated heterocycles. The van der Waals surface area contributed by atoms with E-state index in [2.05, 4.69) is 15.2 Å². The number of hydrogen-bond acceptors (Lipinski definition) is 4. The quantitative estimate of drug-likeness (QED) is 0.713. The van der Waals surface area contributed by atoms with E-state index in [1.807, 2.05) is 33.0 Å². The summed E-state index contributed by atoms with van der Waals surface area (Å²) in [6, 6.07) is 3.95. The number of nitrogens with two attached hydrogens (primary N) is 1. The van der Waals surface area contributed by atoms with Gasteiger partial charge < -0.3 is 16.0 Å². The lowest BCUT2D eigenvalue weighted by atomic mass is 10.2. The Kier molecular flexibility index (Phi) is 6.45. The number of rotatable bonds is 8. The molecule has 0 bridgehead atoms. The van der Waals surface area contributed by atoms with E-state index in [9.17, 15) is 4.79 Å². The molecule has 3 N–H and O–H groups in total. The molecule has 19 heavy (non-hydrogen) atoms. The maximum atomic E-state index is 11.4. The zero-order valence-corrected chi connectivity index (χ0v) is 12.0. The van der Waals surface area contributed by atoms with Crippen LogP contribution in [0.2, 0.25) is 0 Å². The first kappa shape index (κ1) is 15.6. The molecule has 0 aliphatic rings. The summed E-state index contributed by atoms with van der Waals surface area (Å²) in [7, 11) is 2.00. The van der Waals surface area contributed by atoms with E-state index in [-0.39, 0.29) is 18.0 Å². The summed E-state index contributed by atoms with van der Waals surface area (Å²) in [6.45, 7) is 5.52. The van der Waals surface area contributed by atoms with Crippen LogP contribution in [0.15, 0.2) is 24.5 Å².